The Hall–Kier alpha value is -3.19. The molecule has 0 saturated carbocycles. The highest BCUT2D eigenvalue weighted by molar-refractivity contribution is 7.92. The molecule has 29 heavy (non-hydrogen) atoms. The summed E-state index contributed by atoms with van der Waals surface area (Å²) in [5.41, 5.74) is 4.06. The molecule has 1 aromatic heterocycles. The standard InChI is InChI=1S/C22H23N3O3S/c1-16-9-11-19(12-10-16)25(29(27,28)20-7-5-13-23-14-20)15-22(26)24-21-8-4-6-17(2)18(21)3/h4-14H,15H2,1-3H3,(H,24,26). The van der Waals surface area contributed by atoms with Crippen LogP contribution in [0.1, 0.15) is 16.7 Å². The van der Waals surface area contributed by atoms with Gasteiger partial charge in [-0.25, -0.2) is 8.42 Å². The first kappa shape index (κ1) is 20.5. The van der Waals surface area contributed by atoms with Gasteiger partial charge in [0.2, 0.25) is 5.91 Å². The van der Waals surface area contributed by atoms with Crippen molar-refractivity contribution in [3.8, 4) is 0 Å². The number of carbonyl (C=O) groups excluding carboxylic acids is 1. The van der Waals surface area contributed by atoms with Gasteiger partial charge in [-0.1, -0.05) is 29.8 Å². The molecule has 0 fully saturated rings. The van der Waals surface area contributed by atoms with Crippen molar-refractivity contribution in [1.29, 1.82) is 0 Å². The van der Waals surface area contributed by atoms with Gasteiger partial charge in [-0.3, -0.25) is 14.1 Å². The van der Waals surface area contributed by atoms with Crippen LogP contribution in [0, 0.1) is 20.8 Å². The van der Waals surface area contributed by atoms with Crippen LogP contribution in [0.4, 0.5) is 11.4 Å². The molecule has 0 atom stereocenters. The van der Waals surface area contributed by atoms with Gasteiger partial charge in [-0.15, -0.1) is 0 Å². The van der Waals surface area contributed by atoms with Crippen molar-refractivity contribution in [2.45, 2.75) is 25.7 Å². The highest BCUT2D eigenvalue weighted by atomic mass is 32.2. The zero-order valence-corrected chi connectivity index (χ0v) is 17.4. The molecular weight excluding hydrogens is 386 g/mol. The third-order valence-electron chi connectivity index (χ3n) is 4.71. The lowest BCUT2D eigenvalue weighted by Crippen LogP contribution is -2.38. The second-order valence-electron chi connectivity index (χ2n) is 6.83. The maximum atomic E-state index is 13.2. The number of hydrogen-bond acceptors (Lipinski definition) is 4. The van der Waals surface area contributed by atoms with Gasteiger partial charge in [0.1, 0.15) is 11.4 Å². The van der Waals surface area contributed by atoms with Gasteiger partial charge < -0.3 is 5.32 Å². The van der Waals surface area contributed by atoms with Gasteiger partial charge in [-0.2, -0.15) is 0 Å². The third kappa shape index (κ3) is 4.63. The second-order valence-corrected chi connectivity index (χ2v) is 8.69. The van der Waals surface area contributed by atoms with Gasteiger partial charge in [0.15, 0.2) is 0 Å². The number of pyridine rings is 1. The number of nitrogens with one attached hydrogen (secondary N) is 1. The Labute approximate surface area is 171 Å². The van der Waals surface area contributed by atoms with E-state index in [1.54, 1.807) is 24.3 Å². The van der Waals surface area contributed by atoms with Crippen LogP contribution in [0.15, 0.2) is 71.9 Å². The number of benzene rings is 2. The number of aryl methyl sites for hydroxylation is 2. The number of amides is 1. The average molecular weight is 410 g/mol. The predicted octanol–water partition coefficient (Wildman–Crippen LogP) is 3.84. The summed E-state index contributed by atoms with van der Waals surface area (Å²) in [7, 11) is -3.96. The Morgan fingerprint density at radius 2 is 1.72 bits per heavy atom. The topological polar surface area (TPSA) is 79.4 Å². The van der Waals surface area contributed by atoms with E-state index in [1.165, 1.54) is 18.5 Å². The molecule has 0 spiro atoms. The molecule has 0 saturated heterocycles. The lowest BCUT2D eigenvalue weighted by atomic mass is 10.1. The van der Waals surface area contributed by atoms with E-state index in [0.717, 1.165) is 21.0 Å². The maximum absolute atomic E-state index is 13.2. The zero-order chi connectivity index (χ0) is 21.0. The fourth-order valence-corrected chi connectivity index (χ4v) is 4.25. The van der Waals surface area contributed by atoms with Crippen molar-refractivity contribution in [3.63, 3.8) is 0 Å². The van der Waals surface area contributed by atoms with Crippen LogP contribution in [0.3, 0.4) is 0 Å². The van der Waals surface area contributed by atoms with Crippen molar-refractivity contribution in [2.75, 3.05) is 16.2 Å². The summed E-state index contributed by atoms with van der Waals surface area (Å²) in [5.74, 6) is -0.424. The van der Waals surface area contributed by atoms with Crippen molar-refractivity contribution in [2.24, 2.45) is 0 Å². The van der Waals surface area contributed by atoms with Gasteiger partial charge in [0.05, 0.1) is 5.69 Å². The smallest absolute Gasteiger partial charge is 0.266 e. The maximum Gasteiger partial charge on any atom is 0.266 e. The number of aromatic nitrogens is 1. The average Bonchev–Trinajstić information content (AvgIpc) is 2.71. The lowest BCUT2D eigenvalue weighted by molar-refractivity contribution is -0.114. The minimum Gasteiger partial charge on any atom is -0.324 e. The van der Waals surface area contributed by atoms with E-state index in [2.05, 4.69) is 10.3 Å². The van der Waals surface area contributed by atoms with Crippen LogP contribution in [-0.2, 0) is 14.8 Å². The van der Waals surface area contributed by atoms with Crippen LogP contribution in [0.5, 0.6) is 0 Å². The molecule has 0 unspecified atom stereocenters. The summed E-state index contributed by atoms with van der Waals surface area (Å²) in [6.07, 6.45) is 2.78. The van der Waals surface area contributed by atoms with Crippen molar-refractivity contribution < 1.29 is 13.2 Å². The number of hydrogen-bond donors (Lipinski definition) is 1. The van der Waals surface area contributed by atoms with E-state index in [4.69, 9.17) is 0 Å². The summed E-state index contributed by atoms with van der Waals surface area (Å²) in [6.45, 7) is 5.43. The predicted molar refractivity (Wildman–Crippen MR) is 114 cm³/mol. The molecule has 0 aliphatic carbocycles. The van der Waals surface area contributed by atoms with E-state index in [-0.39, 0.29) is 11.4 Å². The van der Waals surface area contributed by atoms with Crippen LogP contribution >= 0.6 is 0 Å². The van der Waals surface area contributed by atoms with E-state index in [9.17, 15) is 13.2 Å². The Morgan fingerprint density at radius 1 is 1.00 bits per heavy atom. The first-order valence-corrected chi connectivity index (χ1v) is 10.6. The lowest BCUT2D eigenvalue weighted by Gasteiger charge is -2.24. The zero-order valence-electron chi connectivity index (χ0n) is 16.6. The Bertz CT molecular complexity index is 1110. The van der Waals surface area contributed by atoms with Crippen LogP contribution in [-0.4, -0.2) is 25.9 Å². The molecule has 0 aliphatic heterocycles. The summed E-state index contributed by atoms with van der Waals surface area (Å²) in [6, 6.07) is 15.6. The van der Waals surface area contributed by atoms with Crippen molar-refractivity contribution >= 4 is 27.3 Å². The molecule has 0 radical (unpaired) electrons. The molecular formula is C22H23N3O3S. The van der Waals surface area contributed by atoms with E-state index in [0.29, 0.717) is 11.4 Å². The van der Waals surface area contributed by atoms with Crippen molar-refractivity contribution in [3.05, 3.63) is 83.7 Å². The van der Waals surface area contributed by atoms with Gasteiger partial charge >= 0.3 is 0 Å². The fraction of sp³-hybridized carbons (Fsp3) is 0.182. The van der Waals surface area contributed by atoms with Gasteiger partial charge in [-0.05, 0) is 62.2 Å². The van der Waals surface area contributed by atoms with Gasteiger partial charge in [0.25, 0.3) is 10.0 Å². The molecule has 7 heteroatoms. The SMILES string of the molecule is Cc1ccc(N(CC(=O)Nc2cccc(C)c2C)S(=O)(=O)c2cccnc2)cc1. The summed E-state index contributed by atoms with van der Waals surface area (Å²) < 4.78 is 27.6. The number of anilines is 2. The first-order chi connectivity index (χ1) is 13.8. The normalized spacial score (nSPS) is 11.1. The summed E-state index contributed by atoms with van der Waals surface area (Å²) in [4.78, 5) is 16.7. The van der Waals surface area contributed by atoms with Crippen LogP contribution < -0.4 is 9.62 Å². The molecule has 0 bridgehead atoms. The number of nitrogens with zero attached hydrogens (tertiary/aromatic N) is 2. The second kappa shape index (κ2) is 8.45. The third-order valence-corrected chi connectivity index (χ3v) is 6.47. The monoisotopic (exact) mass is 409 g/mol. The summed E-state index contributed by atoms with van der Waals surface area (Å²) >= 11 is 0. The number of sulfonamides is 1. The minimum absolute atomic E-state index is 0.0279. The highest BCUT2D eigenvalue weighted by Crippen LogP contribution is 2.24. The van der Waals surface area contributed by atoms with E-state index in [1.807, 2.05) is 45.0 Å². The highest BCUT2D eigenvalue weighted by Gasteiger charge is 2.27. The first-order valence-electron chi connectivity index (χ1n) is 9.14. The Kier molecular flexibility index (Phi) is 5.98. The Morgan fingerprint density at radius 3 is 2.38 bits per heavy atom. The largest absolute Gasteiger partial charge is 0.324 e. The fourth-order valence-electron chi connectivity index (χ4n) is 2.86. The Balaban J connectivity index is 1.94. The van der Waals surface area contributed by atoms with E-state index >= 15 is 0 Å². The summed E-state index contributed by atoms with van der Waals surface area (Å²) in [5, 5.41) is 2.83. The van der Waals surface area contributed by atoms with Crippen LogP contribution in [0.25, 0.3) is 0 Å². The molecule has 1 heterocycles. The molecule has 2 aromatic carbocycles. The van der Waals surface area contributed by atoms with Crippen molar-refractivity contribution in [1.82, 2.24) is 4.98 Å². The molecule has 3 aromatic rings. The number of carbonyl (C=O) groups is 1. The molecule has 0 aliphatic rings. The molecule has 1 amide bonds. The van der Waals surface area contributed by atoms with Crippen LogP contribution in [0.2, 0.25) is 0 Å². The molecule has 1 N–H and O–H groups in total. The quantitative estimate of drug-likeness (QED) is 0.671. The molecule has 3 rings (SSSR count). The molecule has 6 nitrogen and oxygen atoms in total. The number of rotatable bonds is 6. The van der Waals surface area contributed by atoms with Gasteiger partial charge in [0, 0.05) is 18.1 Å². The van der Waals surface area contributed by atoms with E-state index < -0.39 is 15.9 Å². The minimum atomic E-state index is -3.96. The molecule has 150 valence electrons.